The van der Waals surface area contributed by atoms with Gasteiger partial charge in [-0.25, -0.2) is 0 Å². The van der Waals surface area contributed by atoms with Crippen LogP contribution in [0.5, 0.6) is 5.75 Å². The van der Waals surface area contributed by atoms with Gasteiger partial charge in [0.1, 0.15) is 5.75 Å². The van der Waals surface area contributed by atoms with Crippen molar-refractivity contribution in [2.45, 2.75) is 31.1 Å². The van der Waals surface area contributed by atoms with E-state index < -0.39 is 0 Å². The SMILES string of the molecule is CCC(C)c1ccccc1OCC(=O)Nc1ccc(SC)cc1. The third kappa shape index (κ3) is 5.03. The van der Waals surface area contributed by atoms with Gasteiger partial charge in [0.25, 0.3) is 5.91 Å². The molecular weight excluding hydrogens is 306 g/mol. The van der Waals surface area contributed by atoms with Crippen molar-refractivity contribution in [2.75, 3.05) is 18.2 Å². The van der Waals surface area contributed by atoms with Gasteiger partial charge in [0, 0.05) is 10.6 Å². The first-order valence-corrected chi connectivity index (χ1v) is 9.02. The molecule has 2 aromatic carbocycles. The average Bonchev–Trinajstić information content (AvgIpc) is 2.60. The van der Waals surface area contributed by atoms with Crippen molar-refractivity contribution in [1.82, 2.24) is 0 Å². The Hall–Kier alpha value is -1.94. The molecule has 0 saturated carbocycles. The molecule has 0 radical (unpaired) electrons. The van der Waals surface area contributed by atoms with Gasteiger partial charge in [-0.05, 0) is 54.5 Å². The number of ether oxygens (including phenoxy) is 1. The van der Waals surface area contributed by atoms with E-state index in [2.05, 4.69) is 25.2 Å². The predicted octanol–water partition coefficient (Wildman–Crippen LogP) is 4.94. The van der Waals surface area contributed by atoms with Gasteiger partial charge < -0.3 is 10.1 Å². The van der Waals surface area contributed by atoms with Gasteiger partial charge in [0.2, 0.25) is 0 Å². The molecule has 2 aromatic rings. The predicted molar refractivity (Wildman–Crippen MR) is 97.5 cm³/mol. The number of amides is 1. The van der Waals surface area contributed by atoms with Gasteiger partial charge in [0.05, 0.1) is 0 Å². The lowest BCUT2D eigenvalue weighted by molar-refractivity contribution is -0.118. The number of carbonyl (C=O) groups excluding carboxylic acids is 1. The number of carbonyl (C=O) groups is 1. The zero-order valence-electron chi connectivity index (χ0n) is 13.8. The Bertz CT molecular complexity index is 640. The lowest BCUT2D eigenvalue weighted by Gasteiger charge is -2.15. The van der Waals surface area contributed by atoms with Crippen LogP contribution in [0.3, 0.4) is 0 Å². The highest BCUT2D eigenvalue weighted by Gasteiger charge is 2.11. The molecule has 0 aliphatic rings. The second-order valence-electron chi connectivity index (χ2n) is 5.41. The monoisotopic (exact) mass is 329 g/mol. The van der Waals surface area contributed by atoms with Crippen LogP contribution < -0.4 is 10.1 Å². The number of hydrogen-bond acceptors (Lipinski definition) is 3. The quantitative estimate of drug-likeness (QED) is 0.731. The largest absolute Gasteiger partial charge is 0.483 e. The molecule has 1 atom stereocenters. The van der Waals surface area contributed by atoms with Crippen LogP contribution in [0, 0.1) is 0 Å². The molecular formula is C19H23NO2S. The summed E-state index contributed by atoms with van der Waals surface area (Å²) >= 11 is 1.67. The van der Waals surface area contributed by atoms with Crippen molar-refractivity contribution in [3.05, 3.63) is 54.1 Å². The first-order chi connectivity index (χ1) is 11.1. The molecule has 3 nitrogen and oxygen atoms in total. The Morgan fingerprint density at radius 1 is 1.17 bits per heavy atom. The molecule has 0 saturated heterocycles. The van der Waals surface area contributed by atoms with Crippen molar-refractivity contribution in [3.8, 4) is 5.75 Å². The van der Waals surface area contributed by atoms with Crippen molar-refractivity contribution < 1.29 is 9.53 Å². The van der Waals surface area contributed by atoms with E-state index >= 15 is 0 Å². The molecule has 23 heavy (non-hydrogen) atoms. The first-order valence-electron chi connectivity index (χ1n) is 7.79. The van der Waals surface area contributed by atoms with Crippen LogP contribution in [0.4, 0.5) is 5.69 Å². The molecule has 0 spiro atoms. The number of hydrogen-bond donors (Lipinski definition) is 1. The second-order valence-corrected chi connectivity index (χ2v) is 6.29. The maximum atomic E-state index is 12.0. The molecule has 1 amide bonds. The number of nitrogens with one attached hydrogen (secondary N) is 1. The fourth-order valence-corrected chi connectivity index (χ4v) is 2.66. The Balaban J connectivity index is 1.94. The van der Waals surface area contributed by atoms with E-state index in [1.807, 2.05) is 48.7 Å². The summed E-state index contributed by atoms with van der Waals surface area (Å²) in [7, 11) is 0. The van der Waals surface area contributed by atoms with Gasteiger partial charge in [-0.15, -0.1) is 11.8 Å². The van der Waals surface area contributed by atoms with Gasteiger partial charge in [-0.1, -0.05) is 32.0 Å². The zero-order valence-corrected chi connectivity index (χ0v) is 14.7. The third-order valence-electron chi connectivity index (χ3n) is 3.79. The number of benzene rings is 2. The fraction of sp³-hybridized carbons (Fsp3) is 0.316. The van der Waals surface area contributed by atoms with E-state index in [0.29, 0.717) is 5.92 Å². The Morgan fingerprint density at radius 3 is 2.52 bits per heavy atom. The smallest absolute Gasteiger partial charge is 0.262 e. The zero-order chi connectivity index (χ0) is 16.7. The van der Waals surface area contributed by atoms with E-state index in [0.717, 1.165) is 23.4 Å². The van der Waals surface area contributed by atoms with Gasteiger partial charge in [0.15, 0.2) is 6.61 Å². The van der Waals surface area contributed by atoms with Crippen molar-refractivity contribution >= 4 is 23.4 Å². The van der Waals surface area contributed by atoms with Crippen LogP contribution in [0.15, 0.2) is 53.4 Å². The first kappa shape index (κ1) is 17.4. The summed E-state index contributed by atoms with van der Waals surface area (Å²) in [6, 6.07) is 15.7. The van der Waals surface area contributed by atoms with Crippen molar-refractivity contribution in [3.63, 3.8) is 0 Å². The minimum Gasteiger partial charge on any atom is -0.483 e. The number of para-hydroxylation sites is 1. The molecule has 122 valence electrons. The van der Waals surface area contributed by atoms with E-state index in [9.17, 15) is 4.79 Å². The lowest BCUT2D eigenvalue weighted by Crippen LogP contribution is -2.20. The molecule has 0 fully saturated rings. The molecule has 0 aliphatic carbocycles. The van der Waals surface area contributed by atoms with Crippen LogP contribution in [0.2, 0.25) is 0 Å². The van der Waals surface area contributed by atoms with Crippen molar-refractivity contribution in [2.24, 2.45) is 0 Å². The molecule has 0 bridgehead atoms. The van der Waals surface area contributed by atoms with E-state index in [-0.39, 0.29) is 12.5 Å². The molecule has 1 N–H and O–H groups in total. The summed E-state index contributed by atoms with van der Waals surface area (Å²) in [4.78, 5) is 13.2. The van der Waals surface area contributed by atoms with E-state index in [1.165, 1.54) is 4.90 Å². The number of anilines is 1. The highest BCUT2D eigenvalue weighted by Crippen LogP contribution is 2.28. The Morgan fingerprint density at radius 2 is 1.87 bits per heavy atom. The van der Waals surface area contributed by atoms with Crippen LogP contribution in [-0.2, 0) is 4.79 Å². The van der Waals surface area contributed by atoms with E-state index in [4.69, 9.17) is 4.74 Å². The summed E-state index contributed by atoms with van der Waals surface area (Å²) in [6.07, 6.45) is 3.06. The summed E-state index contributed by atoms with van der Waals surface area (Å²) in [5.74, 6) is 1.05. The summed E-state index contributed by atoms with van der Waals surface area (Å²) in [6.45, 7) is 4.32. The lowest BCUT2D eigenvalue weighted by atomic mass is 9.98. The molecule has 1 unspecified atom stereocenters. The summed E-state index contributed by atoms with van der Waals surface area (Å²) in [5.41, 5.74) is 1.93. The van der Waals surface area contributed by atoms with Gasteiger partial charge in [-0.3, -0.25) is 4.79 Å². The van der Waals surface area contributed by atoms with Crippen molar-refractivity contribution in [1.29, 1.82) is 0 Å². The Labute approximate surface area is 142 Å². The van der Waals surface area contributed by atoms with Crippen LogP contribution in [0.1, 0.15) is 31.7 Å². The second kappa shape index (κ2) is 8.63. The number of rotatable bonds is 7. The van der Waals surface area contributed by atoms with Gasteiger partial charge in [-0.2, -0.15) is 0 Å². The maximum absolute atomic E-state index is 12.0. The molecule has 0 heterocycles. The van der Waals surface area contributed by atoms with Crippen LogP contribution in [0.25, 0.3) is 0 Å². The topological polar surface area (TPSA) is 38.3 Å². The normalized spacial score (nSPS) is 11.8. The van der Waals surface area contributed by atoms with Crippen LogP contribution >= 0.6 is 11.8 Å². The highest BCUT2D eigenvalue weighted by molar-refractivity contribution is 7.98. The average molecular weight is 329 g/mol. The minimum atomic E-state index is -0.152. The minimum absolute atomic E-state index is 0.0116. The summed E-state index contributed by atoms with van der Waals surface area (Å²) < 4.78 is 5.72. The molecule has 0 aromatic heterocycles. The van der Waals surface area contributed by atoms with Gasteiger partial charge >= 0.3 is 0 Å². The molecule has 4 heteroatoms. The Kier molecular flexibility index (Phi) is 6.53. The standard InChI is InChI=1S/C19H23NO2S/c1-4-14(2)17-7-5-6-8-18(17)22-13-19(21)20-15-9-11-16(23-3)12-10-15/h5-12,14H,4,13H2,1-3H3,(H,20,21). The fourth-order valence-electron chi connectivity index (χ4n) is 2.25. The highest BCUT2D eigenvalue weighted by atomic mass is 32.2. The molecule has 0 aliphatic heterocycles. The van der Waals surface area contributed by atoms with E-state index in [1.54, 1.807) is 11.8 Å². The number of thioether (sulfide) groups is 1. The van der Waals surface area contributed by atoms with Crippen LogP contribution in [-0.4, -0.2) is 18.8 Å². The molecule has 2 rings (SSSR count). The maximum Gasteiger partial charge on any atom is 0.262 e. The third-order valence-corrected chi connectivity index (χ3v) is 4.54. The summed E-state index contributed by atoms with van der Waals surface area (Å²) in [5, 5.41) is 2.85.